The summed E-state index contributed by atoms with van der Waals surface area (Å²) < 4.78 is 39.1. The number of hydrogen-bond acceptors (Lipinski definition) is 8. The molecule has 0 aromatic heterocycles. The van der Waals surface area contributed by atoms with Crippen LogP contribution in [0, 0.1) is 0 Å². The lowest BCUT2D eigenvalue weighted by atomic mass is 9.83. The Labute approximate surface area is 370 Å². The Hall–Kier alpha value is -7.76. The molecule has 0 atom stereocenters. The molecule has 10 heteroatoms. The van der Waals surface area contributed by atoms with Crippen molar-refractivity contribution in [1.82, 2.24) is 0 Å². The highest BCUT2D eigenvalue weighted by molar-refractivity contribution is 7.43. The van der Waals surface area contributed by atoms with Crippen LogP contribution in [0.1, 0.15) is 31.8 Å². The van der Waals surface area contributed by atoms with Gasteiger partial charge in [-0.25, -0.2) is 0 Å². The summed E-state index contributed by atoms with van der Waals surface area (Å²) in [7, 11) is -4.50. The van der Waals surface area contributed by atoms with Crippen LogP contribution in [0.4, 0.5) is 0 Å². The van der Waals surface area contributed by atoms with E-state index in [1.807, 2.05) is 170 Å². The minimum Gasteiger partial charge on any atom is -0.408 e. The van der Waals surface area contributed by atoms with E-state index < -0.39 is 23.0 Å². The SMILES string of the molecule is O=C1c2cccc(OP(Oc3ccc4ccccc4c3)Oc3ccc4ccccc4c3)c2C(=O)c2c(OP(Oc3ccc4ccccc4c3)Oc3ccc4ccccc4c3)cccc21. The van der Waals surface area contributed by atoms with Crippen LogP contribution in [0.5, 0.6) is 34.5 Å². The van der Waals surface area contributed by atoms with Crippen LogP contribution in [0.15, 0.2) is 206 Å². The number of carbonyl (C=O) groups excluding carboxylic acids is 2. The van der Waals surface area contributed by atoms with Gasteiger partial charge in [0.1, 0.15) is 34.5 Å². The molecular weight excluding hydrogens is 839 g/mol. The summed E-state index contributed by atoms with van der Waals surface area (Å²) in [6.07, 6.45) is 0. The maximum absolute atomic E-state index is 15.0. The van der Waals surface area contributed by atoms with Crippen LogP contribution in [0.3, 0.4) is 0 Å². The van der Waals surface area contributed by atoms with Crippen LogP contribution >= 0.6 is 17.2 Å². The molecule has 0 saturated carbocycles. The zero-order chi connectivity index (χ0) is 43.0. The molecule has 0 saturated heterocycles. The van der Waals surface area contributed by atoms with E-state index in [1.165, 1.54) is 0 Å². The van der Waals surface area contributed by atoms with Crippen LogP contribution in [-0.4, -0.2) is 11.6 Å². The van der Waals surface area contributed by atoms with E-state index in [1.54, 1.807) is 36.4 Å². The van der Waals surface area contributed by atoms with Crippen LogP contribution in [-0.2, 0) is 0 Å². The Morgan fingerprint density at radius 3 is 0.875 bits per heavy atom. The quantitative estimate of drug-likeness (QED) is 0.112. The van der Waals surface area contributed by atoms with Gasteiger partial charge in [-0.15, -0.1) is 0 Å². The van der Waals surface area contributed by atoms with E-state index in [4.69, 9.17) is 27.1 Å². The number of carbonyl (C=O) groups is 2. The van der Waals surface area contributed by atoms with Crippen molar-refractivity contribution < 1.29 is 36.7 Å². The Balaban J connectivity index is 0.946. The minimum absolute atomic E-state index is 0.0583. The molecule has 11 rings (SSSR count). The number of rotatable bonds is 12. The third kappa shape index (κ3) is 7.82. The van der Waals surface area contributed by atoms with Crippen molar-refractivity contribution in [2.75, 3.05) is 0 Å². The molecule has 0 heterocycles. The molecule has 0 unspecified atom stereocenters. The normalized spacial score (nSPS) is 12.1. The predicted molar refractivity (Wildman–Crippen MR) is 253 cm³/mol. The lowest BCUT2D eigenvalue weighted by molar-refractivity contribution is 0.0975. The molecule has 64 heavy (non-hydrogen) atoms. The van der Waals surface area contributed by atoms with Gasteiger partial charge >= 0.3 is 17.2 Å². The molecule has 8 nitrogen and oxygen atoms in total. The first kappa shape index (κ1) is 39.1. The van der Waals surface area contributed by atoms with Gasteiger partial charge in [0.25, 0.3) is 0 Å². The largest absolute Gasteiger partial charge is 0.530 e. The average molecular weight is 873 g/mol. The Morgan fingerprint density at radius 1 is 0.266 bits per heavy atom. The first-order valence-electron chi connectivity index (χ1n) is 20.5. The van der Waals surface area contributed by atoms with Gasteiger partial charge in [0.2, 0.25) is 5.78 Å². The lowest BCUT2D eigenvalue weighted by Gasteiger charge is -2.25. The summed E-state index contributed by atoms with van der Waals surface area (Å²) in [5, 5.41) is 8.05. The van der Waals surface area contributed by atoms with Gasteiger partial charge < -0.3 is 27.1 Å². The third-order valence-corrected chi connectivity index (χ3v) is 13.1. The number of hydrogen-bond donors (Lipinski definition) is 0. The minimum atomic E-state index is -2.25. The van der Waals surface area contributed by atoms with E-state index >= 15 is 4.79 Å². The second-order valence-corrected chi connectivity index (χ2v) is 17.0. The van der Waals surface area contributed by atoms with Crippen LogP contribution in [0.2, 0.25) is 0 Å². The smallest absolute Gasteiger partial charge is 0.408 e. The van der Waals surface area contributed by atoms with E-state index in [9.17, 15) is 4.79 Å². The molecule has 0 aliphatic heterocycles. The van der Waals surface area contributed by atoms with Gasteiger partial charge in [-0.05, 0) is 104 Å². The van der Waals surface area contributed by atoms with Gasteiger partial charge in [-0.2, -0.15) is 0 Å². The standard InChI is InChI=1S/C54H34O8P2/c55-53-47-19-9-21-49(61-63(57-43-27-23-35-11-1-5-15-39(35)31-43)58-44-28-24-36-12-2-6-16-40(36)32-44)51(47)54(56)52-48(53)20-10-22-50(52)62-64(59-45-29-25-37-13-3-7-17-41(37)33-45)60-46-30-26-38-14-4-8-18-42(38)34-46/h1-34H. The summed E-state index contributed by atoms with van der Waals surface area (Å²) in [6, 6.07) is 64.5. The molecule has 308 valence electrons. The zero-order valence-electron chi connectivity index (χ0n) is 33.8. The lowest BCUT2D eigenvalue weighted by Crippen LogP contribution is -2.23. The fraction of sp³-hybridized carbons (Fsp3) is 0. The van der Waals surface area contributed by atoms with E-state index in [0.717, 1.165) is 43.1 Å². The van der Waals surface area contributed by atoms with E-state index in [0.29, 0.717) is 23.0 Å². The number of fused-ring (bicyclic) bond motifs is 6. The second-order valence-electron chi connectivity index (χ2n) is 15.0. The molecule has 0 bridgehead atoms. The molecule has 0 amide bonds. The fourth-order valence-corrected chi connectivity index (χ4v) is 9.84. The molecule has 0 N–H and O–H groups in total. The van der Waals surface area contributed by atoms with Gasteiger partial charge in [0.05, 0.1) is 11.1 Å². The second kappa shape index (κ2) is 16.8. The summed E-state index contributed by atoms with van der Waals surface area (Å²) in [5.41, 5.74) is 0.479. The fourth-order valence-electron chi connectivity index (χ4n) is 7.84. The van der Waals surface area contributed by atoms with E-state index in [-0.39, 0.29) is 39.5 Å². The van der Waals surface area contributed by atoms with Crippen molar-refractivity contribution in [3.8, 4) is 34.5 Å². The van der Waals surface area contributed by atoms with Crippen molar-refractivity contribution in [1.29, 1.82) is 0 Å². The summed E-state index contributed by atoms with van der Waals surface area (Å²) in [5.74, 6) is 1.40. The summed E-state index contributed by atoms with van der Waals surface area (Å²) >= 11 is 0. The van der Waals surface area contributed by atoms with Crippen LogP contribution < -0.4 is 27.1 Å². The number of ketones is 2. The summed E-state index contributed by atoms with van der Waals surface area (Å²) in [6.45, 7) is 0. The highest BCUT2D eigenvalue weighted by Crippen LogP contribution is 2.49. The van der Waals surface area contributed by atoms with Gasteiger partial charge in [0, 0.05) is 11.1 Å². The van der Waals surface area contributed by atoms with Gasteiger partial charge in [-0.1, -0.05) is 146 Å². The molecule has 0 radical (unpaired) electrons. The molecule has 1 aliphatic rings. The van der Waals surface area contributed by atoms with Crippen LogP contribution in [0.25, 0.3) is 43.1 Å². The first-order valence-corrected chi connectivity index (χ1v) is 22.7. The maximum atomic E-state index is 15.0. The number of benzene rings is 10. The summed E-state index contributed by atoms with van der Waals surface area (Å²) in [4.78, 5) is 29.4. The Kier molecular flexibility index (Phi) is 10.3. The monoisotopic (exact) mass is 872 g/mol. The van der Waals surface area contributed by atoms with Crippen molar-refractivity contribution >= 4 is 71.9 Å². The maximum Gasteiger partial charge on any atom is 0.530 e. The predicted octanol–water partition coefficient (Wildman–Crippen LogP) is 14.6. The Bertz CT molecular complexity index is 3060. The molecule has 0 spiro atoms. The topological polar surface area (TPSA) is 89.5 Å². The molecule has 10 aromatic carbocycles. The molecule has 10 aromatic rings. The highest BCUT2D eigenvalue weighted by atomic mass is 31.2. The van der Waals surface area contributed by atoms with Gasteiger partial charge in [0.15, 0.2) is 5.78 Å². The molecule has 1 aliphatic carbocycles. The Morgan fingerprint density at radius 2 is 0.562 bits per heavy atom. The third-order valence-electron chi connectivity index (χ3n) is 10.9. The first-order chi connectivity index (χ1) is 31.5. The van der Waals surface area contributed by atoms with Gasteiger partial charge in [-0.3, -0.25) is 9.59 Å². The van der Waals surface area contributed by atoms with Crippen molar-refractivity contribution in [3.05, 3.63) is 229 Å². The highest BCUT2D eigenvalue weighted by Gasteiger charge is 2.37. The zero-order valence-corrected chi connectivity index (χ0v) is 35.6. The van der Waals surface area contributed by atoms with Crippen molar-refractivity contribution in [2.24, 2.45) is 0 Å². The molecular formula is C54H34O8P2. The molecule has 0 fully saturated rings. The van der Waals surface area contributed by atoms with Crippen molar-refractivity contribution in [2.45, 2.75) is 0 Å². The van der Waals surface area contributed by atoms with Crippen molar-refractivity contribution in [3.63, 3.8) is 0 Å². The average Bonchev–Trinajstić information content (AvgIpc) is 3.33. The van der Waals surface area contributed by atoms with E-state index in [2.05, 4.69) is 0 Å².